The van der Waals surface area contributed by atoms with Gasteiger partial charge in [0.25, 0.3) is 0 Å². The summed E-state index contributed by atoms with van der Waals surface area (Å²) in [5, 5.41) is 19.3. The molecule has 2 aliphatic rings. The first-order chi connectivity index (χ1) is 9.51. The number of rotatable bonds is 2. The SMILES string of the molecule is COc1c2n(c(C)c(C)c1=O)[C@@H]1O[C@H](CO)[C@@H](O)[C@H]1O2. The Morgan fingerprint density at radius 1 is 1.40 bits per heavy atom. The van der Waals surface area contributed by atoms with Crippen LogP contribution in [0.25, 0.3) is 0 Å². The topological polar surface area (TPSA) is 90.2 Å². The number of fused-ring (bicyclic) bond motifs is 3. The van der Waals surface area contributed by atoms with Gasteiger partial charge in [0, 0.05) is 11.3 Å². The molecule has 7 nitrogen and oxygen atoms in total. The van der Waals surface area contributed by atoms with E-state index in [1.165, 1.54) is 7.11 Å². The first-order valence-electron chi connectivity index (χ1n) is 6.42. The van der Waals surface area contributed by atoms with E-state index in [1.54, 1.807) is 18.4 Å². The molecule has 20 heavy (non-hydrogen) atoms. The minimum atomic E-state index is -0.954. The molecule has 0 bridgehead atoms. The first-order valence-corrected chi connectivity index (χ1v) is 6.42. The van der Waals surface area contributed by atoms with Gasteiger partial charge < -0.3 is 24.4 Å². The Labute approximate surface area is 115 Å². The van der Waals surface area contributed by atoms with Gasteiger partial charge in [0.05, 0.1) is 13.7 Å². The maximum absolute atomic E-state index is 12.1. The first kappa shape index (κ1) is 13.4. The minimum absolute atomic E-state index is 0.110. The van der Waals surface area contributed by atoms with E-state index in [4.69, 9.17) is 14.2 Å². The van der Waals surface area contributed by atoms with Gasteiger partial charge in [-0.1, -0.05) is 0 Å². The second-order valence-corrected chi connectivity index (χ2v) is 5.07. The maximum Gasteiger partial charge on any atom is 0.244 e. The molecule has 2 aliphatic heterocycles. The molecule has 0 spiro atoms. The molecular weight excluding hydrogens is 266 g/mol. The molecule has 0 unspecified atom stereocenters. The Bertz CT molecular complexity index is 610. The zero-order chi connectivity index (χ0) is 14.6. The van der Waals surface area contributed by atoms with Crippen LogP contribution in [0.3, 0.4) is 0 Å². The Morgan fingerprint density at radius 3 is 2.70 bits per heavy atom. The van der Waals surface area contributed by atoms with Crippen LogP contribution in [-0.4, -0.2) is 46.8 Å². The number of nitrogens with zero attached hydrogens (tertiary/aromatic N) is 1. The quantitative estimate of drug-likeness (QED) is 0.759. The third-order valence-corrected chi connectivity index (χ3v) is 4.06. The lowest BCUT2D eigenvalue weighted by molar-refractivity contribution is -0.0439. The molecule has 0 saturated carbocycles. The molecule has 0 aromatic carbocycles. The summed E-state index contributed by atoms with van der Waals surface area (Å²) in [6.07, 6.45) is -2.86. The fraction of sp³-hybridized carbons (Fsp3) is 0.615. The second kappa shape index (κ2) is 4.47. The zero-order valence-corrected chi connectivity index (χ0v) is 11.5. The van der Waals surface area contributed by atoms with E-state index in [1.807, 2.05) is 0 Å². The molecule has 4 atom stereocenters. The summed E-state index contributed by atoms with van der Waals surface area (Å²) in [4.78, 5) is 12.1. The van der Waals surface area contributed by atoms with Gasteiger partial charge in [0.1, 0.15) is 12.2 Å². The molecule has 3 heterocycles. The van der Waals surface area contributed by atoms with Crippen LogP contribution in [0.5, 0.6) is 11.6 Å². The van der Waals surface area contributed by atoms with Gasteiger partial charge in [0.15, 0.2) is 12.3 Å². The molecule has 0 amide bonds. The van der Waals surface area contributed by atoms with Gasteiger partial charge in [-0.25, -0.2) is 0 Å². The van der Waals surface area contributed by atoms with Crippen LogP contribution in [0.1, 0.15) is 17.5 Å². The van der Waals surface area contributed by atoms with Gasteiger partial charge in [-0.15, -0.1) is 0 Å². The fourth-order valence-corrected chi connectivity index (χ4v) is 2.80. The number of aromatic nitrogens is 1. The molecule has 1 fully saturated rings. The van der Waals surface area contributed by atoms with Crippen molar-refractivity contribution in [1.29, 1.82) is 0 Å². The number of ether oxygens (including phenoxy) is 3. The molecule has 0 aliphatic carbocycles. The van der Waals surface area contributed by atoms with E-state index in [0.717, 1.165) is 0 Å². The summed E-state index contributed by atoms with van der Waals surface area (Å²) in [7, 11) is 1.40. The molecule has 2 N–H and O–H groups in total. The predicted octanol–water partition coefficient (Wildman–Crippen LogP) is -0.515. The third kappa shape index (κ3) is 1.54. The van der Waals surface area contributed by atoms with E-state index >= 15 is 0 Å². The largest absolute Gasteiger partial charge is 0.488 e. The molecule has 0 radical (unpaired) electrons. The van der Waals surface area contributed by atoms with Crippen molar-refractivity contribution in [2.45, 2.75) is 38.4 Å². The number of aliphatic hydroxyl groups is 2. The fourth-order valence-electron chi connectivity index (χ4n) is 2.80. The lowest BCUT2D eigenvalue weighted by atomic mass is 10.1. The highest BCUT2D eigenvalue weighted by molar-refractivity contribution is 5.43. The van der Waals surface area contributed by atoms with Crippen molar-refractivity contribution in [3.05, 3.63) is 21.5 Å². The molecule has 110 valence electrons. The van der Waals surface area contributed by atoms with Crippen LogP contribution in [0.2, 0.25) is 0 Å². The molecule has 1 aromatic heterocycles. The van der Waals surface area contributed by atoms with E-state index in [2.05, 4.69) is 0 Å². The summed E-state index contributed by atoms with van der Waals surface area (Å²) >= 11 is 0. The Morgan fingerprint density at radius 2 is 2.10 bits per heavy atom. The van der Waals surface area contributed by atoms with Crippen LogP contribution in [0, 0.1) is 13.8 Å². The third-order valence-electron chi connectivity index (χ3n) is 4.06. The van der Waals surface area contributed by atoms with Crippen LogP contribution in [0.15, 0.2) is 4.79 Å². The summed E-state index contributed by atoms with van der Waals surface area (Å²) in [5.74, 6) is 0.380. The normalized spacial score (nSPS) is 30.9. The van der Waals surface area contributed by atoms with E-state index in [-0.39, 0.29) is 23.7 Å². The zero-order valence-electron chi connectivity index (χ0n) is 11.5. The van der Waals surface area contributed by atoms with Crippen molar-refractivity contribution in [3.63, 3.8) is 0 Å². The Balaban J connectivity index is 2.17. The van der Waals surface area contributed by atoms with Crippen molar-refractivity contribution >= 4 is 0 Å². The number of hydrogen-bond acceptors (Lipinski definition) is 6. The lowest BCUT2D eigenvalue weighted by Gasteiger charge is -2.18. The van der Waals surface area contributed by atoms with Crippen LogP contribution < -0.4 is 14.9 Å². The summed E-state index contributed by atoms with van der Waals surface area (Å²) in [6.45, 7) is 3.20. The van der Waals surface area contributed by atoms with Gasteiger partial charge in [-0.05, 0) is 13.8 Å². The minimum Gasteiger partial charge on any atom is -0.488 e. The highest BCUT2D eigenvalue weighted by atomic mass is 16.6. The van der Waals surface area contributed by atoms with Gasteiger partial charge >= 0.3 is 0 Å². The van der Waals surface area contributed by atoms with Crippen LogP contribution >= 0.6 is 0 Å². The summed E-state index contributed by atoms with van der Waals surface area (Å²) < 4.78 is 18.1. The Kier molecular flexibility index (Phi) is 3.00. The molecule has 3 rings (SSSR count). The van der Waals surface area contributed by atoms with E-state index < -0.39 is 24.5 Å². The van der Waals surface area contributed by atoms with Crippen molar-refractivity contribution in [2.24, 2.45) is 0 Å². The second-order valence-electron chi connectivity index (χ2n) is 5.07. The predicted molar refractivity (Wildman–Crippen MR) is 68.1 cm³/mol. The van der Waals surface area contributed by atoms with Gasteiger partial charge in [-0.2, -0.15) is 0 Å². The van der Waals surface area contributed by atoms with Crippen molar-refractivity contribution < 1.29 is 24.4 Å². The standard InChI is InChI=1S/C13H17NO6/c1-5-6(2)14-12(10(18-3)8(5)16)20-11-9(17)7(4-15)19-13(11)14/h7,9,11,13,15,17H,4H2,1-3H3/t7-,9-,11-,13-/m1/s1. The highest BCUT2D eigenvalue weighted by Gasteiger charge is 2.52. The maximum atomic E-state index is 12.1. The van der Waals surface area contributed by atoms with Crippen molar-refractivity contribution in [3.8, 4) is 11.6 Å². The monoisotopic (exact) mass is 283 g/mol. The molecular formula is C13H17NO6. The highest BCUT2D eigenvalue weighted by Crippen LogP contribution is 2.44. The number of methoxy groups -OCH3 is 1. The molecule has 7 heteroatoms. The van der Waals surface area contributed by atoms with Crippen LogP contribution in [-0.2, 0) is 4.74 Å². The summed E-state index contributed by atoms with van der Waals surface area (Å²) in [6, 6.07) is 0. The number of hydrogen-bond donors (Lipinski definition) is 2. The molecule has 1 saturated heterocycles. The van der Waals surface area contributed by atoms with Crippen molar-refractivity contribution in [1.82, 2.24) is 4.57 Å². The number of aliphatic hydroxyl groups excluding tert-OH is 2. The van der Waals surface area contributed by atoms with Gasteiger partial charge in [0.2, 0.25) is 17.1 Å². The van der Waals surface area contributed by atoms with E-state index in [9.17, 15) is 15.0 Å². The average Bonchev–Trinajstić information content (AvgIpc) is 2.94. The average molecular weight is 283 g/mol. The van der Waals surface area contributed by atoms with Gasteiger partial charge in [-0.3, -0.25) is 9.36 Å². The smallest absolute Gasteiger partial charge is 0.244 e. The lowest BCUT2D eigenvalue weighted by Crippen LogP contribution is -2.34. The van der Waals surface area contributed by atoms with Crippen LogP contribution in [0.4, 0.5) is 0 Å². The number of pyridine rings is 1. The summed E-state index contributed by atoms with van der Waals surface area (Å²) in [5.41, 5.74) is 1.01. The Hall–Kier alpha value is -1.57. The van der Waals surface area contributed by atoms with E-state index in [0.29, 0.717) is 11.3 Å². The molecule has 1 aromatic rings. The van der Waals surface area contributed by atoms with Crippen molar-refractivity contribution in [2.75, 3.05) is 13.7 Å².